The number of carbonyl (C=O) groups excluding carboxylic acids is 2. The Hall–Kier alpha value is -2.33. The van der Waals surface area contributed by atoms with Crippen LogP contribution in [0.4, 0.5) is 0 Å². The van der Waals surface area contributed by atoms with Crippen LogP contribution in [0.2, 0.25) is 5.02 Å². The minimum absolute atomic E-state index is 0.0609. The summed E-state index contributed by atoms with van der Waals surface area (Å²) in [5.41, 5.74) is 3.10. The van der Waals surface area contributed by atoms with Gasteiger partial charge >= 0.3 is 0 Å². The summed E-state index contributed by atoms with van der Waals surface area (Å²) < 4.78 is 0. The molecule has 0 bridgehead atoms. The summed E-state index contributed by atoms with van der Waals surface area (Å²) in [4.78, 5) is 26.9. The molecule has 2 rings (SSSR count). The molecule has 0 spiro atoms. The van der Waals surface area contributed by atoms with E-state index in [0.29, 0.717) is 31.0 Å². The van der Waals surface area contributed by atoms with Gasteiger partial charge in [-0.15, -0.1) is 0 Å². The van der Waals surface area contributed by atoms with E-state index in [9.17, 15) is 9.59 Å². The van der Waals surface area contributed by atoms with Crippen LogP contribution in [0.1, 0.15) is 37.0 Å². The third-order valence-corrected chi connectivity index (χ3v) is 4.93. The Labute approximate surface area is 166 Å². The average Bonchev–Trinajstić information content (AvgIpc) is 2.66. The van der Waals surface area contributed by atoms with Crippen molar-refractivity contribution in [2.45, 2.75) is 46.2 Å². The third-order valence-electron chi connectivity index (χ3n) is 4.56. The van der Waals surface area contributed by atoms with Crippen molar-refractivity contribution in [2.24, 2.45) is 0 Å². The first kappa shape index (κ1) is 21.0. The van der Waals surface area contributed by atoms with Crippen LogP contribution in [0, 0.1) is 6.92 Å². The normalized spacial score (nSPS) is 11.7. The zero-order chi connectivity index (χ0) is 19.8. The van der Waals surface area contributed by atoms with Crippen LogP contribution < -0.4 is 5.32 Å². The first-order chi connectivity index (χ1) is 12.9. The summed E-state index contributed by atoms with van der Waals surface area (Å²) in [6.07, 6.45) is 0.852. The minimum atomic E-state index is -0.537. The molecule has 0 heterocycles. The maximum Gasteiger partial charge on any atom is 0.242 e. The van der Waals surface area contributed by atoms with Crippen LogP contribution in [0.25, 0.3) is 0 Å². The van der Waals surface area contributed by atoms with Gasteiger partial charge in [-0.1, -0.05) is 59.6 Å². The Balaban J connectivity index is 2.14. The molecule has 2 aromatic carbocycles. The molecule has 0 radical (unpaired) electrons. The average molecular weight is 387 g/mol. The van der Waals surface area contributed by atoms with Crippen molar-refractivity contribution in [3.8, 4) is 0 Å². The molecule has 0 fully saturated rings. The SMILES string of the molecule is CCNC(=O)[C@@H](C)N(Cc1ccc(C)cc1)C(=O)CCc1ccccc1Cl. The van der Waals surface area contributed by atoms with Gasteiger partial charge in [-0.3, -0.25) is 9.59 Å². The lowest BCUT2D eigenvalue weighted by atomic mass is 10.1. The zero-order valence-corrected chi connectivity index (χ0v) is 16.9. The molecule has 27 heavy (non-hydrogen) atoms. The number of halogens is 1. The maximum atomic E-state index is 13.0. The van der Waals surface area contributed by atoms with E-state index in [2.05, 4.69) is 5.32 Å². The summed E-state index contributed by atoms with van der Waals surface area (Å²) in [7, 11) is 0. The Bertz CT molecular complexity index is 774. The molecule has 0 saturated heterocycles. The van der Waals surface area contributed by atoms with E-state index >= 15 is 0 Å². The lowest BCUT2D eigenvalue weighted by Gasteiger charge is -2.29. The van der Waals surface area contributed by atoms with Crippen molar-refractivity contribution < 1.29 is 9.59 Å². The van der Waals surface area contributed by atoms with Gasteiger partial charge in [0.1, 0.15) is 6.04 Å². The van der Waals surface area contributed by atoms with Crippen molar-refractivity contribution >= 4 is 23.4 Å². The fourth-order valence-electron chi connectivity index (χ4n) is 2.88. The molecule has 0 unspecified atom stereocenters. The molecule has 0 aliphatic carbocycles. The van der Waals surface area contributed by atoms with E-state index in [4.69, 9.17) is 11.6 Å². The second kappa shape index (κ2) is 10.1. The smallest absolute Gasteiger partial charge is 0.242 e. The molecule has 0 aliphatic heterocycles. The molecule has 4 nitrogen and oxygen atoms in total. The van der Waals surface area contributed by atoms with Gasteiger partial charge in [0.15, 0.2) is 0 Å². The first-order valence-electron chi connectivity index (χ1n) is 9.28. The molecular weight excluding hydrogens is 360 g/mol. The highest BCUT2D eigenvalue weighted by molar-refractivity contribution is 6.31. The minimum Gasteiger partial charge on any atom is -0.355 e. The third kappa shape index (κ3) is 6.10. The number of aryl methyl sites for hydroxylation is 2. The van der Waals surface area contributed by atoms with Gasteiger partial charge in [-0.25, -0.2) is 0 Å². The van der Waals surface area contributed by atoms with Crippen LogP contribution in [0.15, 0.2) is 48.5 Å². The number of nitrogens with one attached hydrogen (secondary N) is 1. The number of hydrogen-bond acceptors (Lipinski definition) is 2. The molecule has 2 aromatic rings. The first-order valence-corrected chi connectivity index (χ1v) is 9.66. The van der Waals surface area contributed by atoms with Crippen LogP contribution >= 0.6 is 11.6 Å². The summed E-state index contributed by atoms with van der Waals surface area (Å²) in [6.45, 7) is 6.60. The van der Waals surface area contributed by atoms with Gasteiger partial charge in [-0.2, -0.15) is 0 Å². The summed E-state index contributed by atoms with van der Waals surface area (Å²) >= 11 is 6.20. The molecule has 0 aromatic heterocycles. The molecule has 1 N–H and O–H groups in total. The molecule has 0 saturated carbocycles. The van der Waals surface area contributed by atoms with Crippen molar-refractivity contribution in [1.29, 1.82) is 0 Å². The Morgan fingerprint density at radius 3 is 2.41 bits per heavy atom. The van der Waals surface area contributed by atoms with Crippen molar-refractivity contribution in [3.63, 3.8) is 0 Å². The number of nitrogens with zero attached hydrogens (tertiary/aromatic N) is 1. The van der Waals surface area contributed by atoms with Gasteiger partial charge in [0, 0.05) is 24.5 Å². The Morgan fingerprint density at radius 2 is 1.78 bits per heavy atom. The van der Waals surface area contributed by atoms with Crippen molar-refractivity contribution in [3.05, 3.63) is 70.2 Å². The quantitative estimate of drug-likeness (QED) is 0.741. The molecule has 0 aliphatic rings. The highest BCUT2D eigenvalue weighted by atomic mass is 35.5. The lowest BCUT2D eigenvalue weighted by molar-refractivity contribution is -0.140. The number of amides is 2. The molecule has 1 atom stereocenters. The largest absolute Gasteiger partial charge is 0.355 e. The van der Waals surface area contributed by atoms with Crippen LogP contribution in [-0.4, -0.2) is 29.3 Å². The summed E-state index contributed by atoms with van der Waals surface area (Å²) in [5, 5.41) is 3.46. The highest BCUT2D eigenvalue weighted by Crippen LogP contribution is 2.18. The van der Waals surface area contributed by atoms with E-state index in [-0.39, 0.29) is 11.8 Å². The van der Waals surface area contributed by atoms with Crippen molar-refractivity contribution in [2.75, 3.05) is 6.54 Å². The monoisotopic (exact) mass is 386 g/mol. The highest BCUT2D eigenvalue weighted by Gasteiger charge is 2.25. The fraction of sp³-hybridized carbons (Fsp3) is 0.364. The van der Waals surface area contributed by atoms with Crippen LogP contribution in [0.3, 0.4) is 0 Å². The molecule has 5 heteroatoms. The van der Waals surface area contributed by atoms with Gasteiger partial charge in [0.25, 0.3) is 0 Å². The number of likely N-dealkylation sites (N-methyl/N-ethyl adjacent to an activating group) is 1. The second-order valence-corrected chi connectivity index (χ2v) is 7.08. The van der Waals surface area contributed by atoms with Crippen LogP contribution in [0.5, 0.6) is 0 Å². The topological polar surface area (TPSA) is 49.4 Å². The number of carbonyl (C=O) groups is 2. The summed E-state index contributed by atoms with van der Waals surface area (Å²) in [6, 6.07) is 15.0. The number of benzene rings is 2. The van der Waals surface area contributed by atoms with Crippen LogP contribution in [-0.2, 0) is 22.6 Å². The number of hydrogen-bond donors (Lipinski definition) is 1. The van der Waals surface area contributed by atoms with Gasteiger partial charge in [-0.05, 0) is 44.4 Å². The maximum absolute atomic E-state index is 13.0. The van der Waals surface area contributed by atoms with E-state index in [1.165, 1.54) is 0 Å². The Kier molecular flexibility index (Phi) is 7.86. The second-order valence-electron chi connectivity index (χ2n) is 6.67. The number of rotatable bonds is 8. The van der Waals surface area contributed by atoms with E-state index in [1.807, 2.05) is 62.4 Å². The van der Waals surface area contributed by atoms with E-state index < -0.39 is 6.04 Å². The predicted octanol–water partition coefficient (Wildman–Crippen LogP) is 4.13. The standard InChI is InChI=1S/C22H27ClN2O2/c1-4-24-22(27)17(3)25(15-18-11-9-16(2)10-12-18)21(26)14-13-19-7-5-6-8-20(19)23/h5-12,17H,4,13-15H2,1-3H3,(H,24,27)/t17-/m1/s1. The fourth-order valence-corrected chi connectivity index (χ4v) is 3.11. The van der Waals surface area contributed by atoms with Crippen molar-refractivity contribution in [1.82, 2.24) is 10.2 Å². The Morgan fingerprint density at radius 1 is 1.11 bits per heavy atom. The van der Waals surface area contributed by atoms with Gasteiger partial charge < -0.3 is 10.2 Å². The van der Waals surface area contributed by atoms with E-state index in [1.54, 1.807) is 11.8 Å². The molecule has 2 amide bonds. The molecule has 144 valence electrons. The summed E-state index contributed by atoms with van der Waals surface area (Å²) in [5.74, 6) is -0.204. The zero-order valence-electron chi connectivity index (χ0n) is 16.2. The van der Waals surface area contributed by atoms with Gasteiger partial charge in [0.2, 0.25) is 11.8 Å². The molecular formula is C22H27ClN2O2. The van der Waals surface area contributed by atoms with E-state index in [0.717, 1.165) is 16.7 Å². The predicted molar refractivity (Wildman–Crippen MR) is 110 cm³/mol. The van der Waals surface area contributed by atoms with Gasteiger partial charge in [0.05, 0.1) is 0 Å². The lowest BCUT2D eigenvalue weighted by Crippen LogP contribution is -2.47.